The summed E-state index contributed by atoms with van der Waals surface area (Å²) >= 11 is 0. The van der Waals surface area contributed by atoms with E-state index in [0.29, 0.717) is 0 Å². The van der Waals surface area contributed by atoms with Crippen LogP contribution in [0.25, 0.3) is 10.9 Å². The highest BCUT2D eigenvalue weighted by molar-refractivity contribution is 5.82. The Morgan fingerprint density at radius 2 is 2.00 bits per heavy atom. The molecule has 1 aromatic carbocycles. The first-order valence-electron chi connectivity index (χ1n) is 6.48. The van der Waals surface area contributed by atoms with Crippen molar-refractivity contribution in [1.29, 1.82) is 0 Å². The number of nitrogens with zero attached hydrogens (tertiary/aromatic N) is 1. The largest absolute Gasteiger partial charge is 0.361 e. The molecule has 3 N–H and O–H groups in total. The molecule has 98 valence electrons. The maximum Gasteiger partial charge on any atom is 0.0457 e. The number of nitrogens with two attached hydrogens (primary N) is 1. The van der Waals surface area contributed by atoms with Crippen molar-refractivity contribution in [3.05, 3.63) is 36.0 Å². The van der Waals surface area contributed by atoms with Crippen LogP contribution in [0.2, 0.25) is 0 Å². The summed E-state index contributed by atoms with van der Waals surface area (Å²) in [5, 5.41) is 1.32. The van der Waals surface area contributed by atoms with Crippen molar-refractivity contribution in [3.8, 4) is 0 Å². The molecular formula is C15H23N3. The highest BCUT2D eigenvalue weighted by Gasteiger charge is 2.12. The number of aromatic nitrogens is 1. The number of benzene rings is 1. The third-order valence-electron chi connectivity index (χ3n) is 3.25. The smallest absolute Gasteiger partial charge is 0.0457 e. The monoisotopic (exact) mass is 245 g/mol. The van der Waals surface area contributed by atoms with Crippen LogP contribution in [0, 0.1) is 0 Å². The summed E-state index contributed by atoms with van der Waals surface area (Å²) in [5.74, 6) is 0. The molecule has 0 atom stereocenters. The fourth-order valence-electron chi connectivity index (χ4n) is 2.11. The number of rotatable bonds is 5. The Kier molecular flexibility index (Phi) is 3.73. The van der Waals surface area contributed by atoms with Crippen LogP contribution in [-0.2, 0) is 6.54 Å². The molecule has 0 fully saturated rings. The zero-order valence-electron chi connectivity index (χ0n) is 11.5. The van der Waals surface area contributed by atoms with Crippen molar-refractivity contribution in [1.82, 2.24) is 9.88 Å². The van der Waals surface area contributed by atoms with Gasteiger partial charge in [0, 0.05) is 29.2 Å². The van der Waals surface area contributed by atoms with Gasteiger partial charge in [0.1, 0.15) is 0 Å². The van der Waals surface area contributed by atoms with E-state index in [9.17, 15) is 0 Å². The van der Waals surface area contributed by atoms with Crippen molar-refractivity contribution in [3.63, 3.8) is 0 Å². The predicted octanol–water partition coefficient (Wildman–Crippen LogP) is 2.73. The highest BCUT2D eigenvalue weighted by atomic mass is 15.1. The van der Waals surface area contributed by atoms with Crippen LogP contribution in [0.15, 0.2) is 30.5 Å². The maximum absolute atomic E-state index is 6.01. The summed E-state index contributed by atoms with van der Waals surface area (Å²) < 4.78 is 0. The Balaban J connectivity index is 2.01. The van der Waals surface area contributed by atoms with Gasteiger partial charge < -0.3 is 15.6 Å². The van der Waals surface area contributed by atoms with Gasteiger partial charge in [-0.2, -0.15) is 0 Å². The molecule has 18 heavy (non-hydrogen) atoms. The van der Waals surface area contributed by atoms with Crippen LogP contribution in [-0.4, -0.2) is 29.0 Å². The van der Waals surface area contributed by atoms with Gasteiger partial charge in [-0.15, -0.1) is 0 Å². The number of hydrogen-bond donors (Lipinski definition) is 2. The first-order chi connectivity index (χ1) is 8.46. The molecule has 0 aliphatic carbocycles. The maximum atomic E-state index is 6.01. The van der Waals surface area contributed by atoms with Crippen molar-refractivity contribution < 1.29 is 0 Å². The third kappa shape index (κ3) is 3.34. The number of aromatic amines is 1. The first kappa shape index (κ1) is 13.1. The van der Waals surface area contributed by atoms with Crippen molar-refractivity contribution in [2.75, 3.05) is 13.6 Å². The second-order valence-corrected chi connectivity index (χ2v) is 5.84. The normalized spacial score (nSPS) is 12.5. The topological polar surface area (TPSA) is 45.0 Å². The van der Waals surface area contributed by atoms with Crippen LogP contribution in [0.5, 0.6) is 0 Å². The number of H-pyrrole nitrogens is 1. The molecule has 3 nitrogen and oxygen atoms in total. The van der Waals surface area contributed by atoms with E-state index in [4.69, 9.17) is 5.73 Å². The molecule has 3 heteroatoms. The number of fused-ring (bicyclic) bond motifs is 1. The lowest BCUT2D eigenvalue weighted by atomic mass is 10.0. The van der Waals surface area contributed by atoms with Gasteiger partial charge in [-0.25, -0.2) is 0 Å². The van der Waals surface area contributed by atoms with E-state index in [1.165, 1.54) is 16.5 Å². The Hall–Kier alpha value is -1.32. The van der Waals surface area contributed by atoms with Gasteiger partial charge in [-0.3, -0.25) is 0 Å². The second kappa shape index (κ2) is 5.12. The second-order valence-electron chi connectivity index (χ2n) is 5.84. The summed E-state index contributed by atoms with van der Waals surface area (Å²) in [5.41, 5.74) is 8.48. The van der Waals surface area contributed by atoms with Gasteiger partial charge in [0.25, 0.3) is 0 Å². The minimum Gasteiger partial charge on any atom is -0.361 e. The van der Waals surface area contributed by atoms with Crippen LogP contribution in [0.1, 0.15) is 25.8 Å². The lowest BCUT2D eigenvalue weighted by Gasteiger charge is -2.23. The molecule has 0 saturated heterocycles. The minimum absolute atomic E-state index is 0.0888. The molecule has 2 rings (SSSR count). The highest BCUT2D eigenvalue weighted by Crippen LogP contribution is 2.19. The van der Waals surface area contributed by atoms with Crippen molar-refractivity contribution in [2.45, 2.75) is 32.4 Å². The van der Waals surface area contributed by atoms with Crippen LogP contribution in [0.3, 0.4) is 0 Å². The lowest BCUT2D eigenvalue weighted by Crippen LogP contribution is -2.36. The van der Waals surface area contributed by atoms with Gasteiger partial charge in [0.15, 0.2) is 0 Å². The number of nitrogens with one attached hydrogen (secondary N) is 1. The van der Waals surface area contributed by atoms with Gasteiger partial charge in [0.05, 0.1) is 0 Å². The predicted molar refractivity (Wildman–Crippen MR) is 77.5 cm³/mol. The molecule has 0 aliphatic heterocycles. The van der Waals surface area contributed by atoms with E-state index >= 15 is 0 Å². The third-order valence-corrected chi connectivity index (χ3v) is 3.25. The molecule has 0 radical (unpaired) electrons. The van der Waals surface area contributed by atoms with Gasteiger partial charge in [-0.05, 0) is 45.5 Å². The Labute approximate surface area is 109 Å². The Bertz CT molecular complexity index is 508. The quantitative estimate of drug-likeness (QED) is 0.850. The van der Waals surface area contributed by atoms with Crippen LogP contribution < -0.4 is 5.73 Å². The Morgan fingerprint density at radius 3 is 2.72 bits per heavy atom. The SMILES string of the molecule is CN(CCC(C)(C)N)Cc1c[nH]c2ccccc12. The van der Waals surface area contributed by atoms with Gasteiger partial charge in [0.2, 0.25) is 0 Å². The van der Waals surface area contributed by atoms with Crippen molar-refractivity contribution >= 4 is 10.9 Å². The standard InChI is InChI=1S/C15H23N3/c1-15(2,16)8-9-18(3)11-12-10-17-14-7-5-4-6-13(12)14/h4-7,10,17H,8-9,11,16H2,1-3H3. The van der Waals surface area contributed by atoms with Crippen LogP contribution >= 0.6 is 0 Å². The van der Waals surface area contributed by atoms with E-state index in [-0.39, 0.29) is 5.54 Å². The van der Waals surface area contributed by atoms with E-state index in [1.807, 2.05) is 0 Å². The average Bonchev–Trinajstić information content (AvgIpc) is 2.70. The summed E-state index contributed by atoms with van der Waals surface area (Å²) in [6.45, 7) is 6.13. The van der Waals surface area contributed by atoms with Gasteiger partial charge in [-0.1, -0.05) is 18.2 Å². The molecule has 2 aromatic rings. The zero-order valence-corrected chi connectivity index (χ0v) is 11.5. The fraction of sp³-hybridized carbons (Fsp3) is 0.467. The van der Waals surface area contributed by atoms with E-state index in [0.717, 1.165) is 19.5 Å². The zero-order chi connectivity index (χ0) is 13.2. The van der Waals surface area contributed by atoms with Crippen LogP contribution in [0.4, 0.5) is 0 Å². The average molecular weight is 245 g/mol. The summed E-state index contributed by atoms with van der Waals surface area (Å²) in [4.78, 5) is 5.64. The lowest BCUT2D eigenvalue weighted by molar-refractivity contribution is 0.290. The number of para-hydroxylation sites is 1. The summed E-state index contributed by atoms with van der Waals surface area (Å²) in [6, 6.07) is 8.43. The van der Waals surface area contributed by atoms with E-state index < -0.39 is 0 Å². The summed E-state index contributed by atoms with van der Waals surface area (Å²) in [6.07, 6.45) is 3.11. The van der Waals surface area contributed by atoms with E-state index in [2.05, 4.69) is 61.2 Å². The first-order valence-corrected chi connectivity index (χ1v) is 6.48. The Morgan fingerprint density at radius 1 is 1.28 bits per heavy atom. The molecule has 0 aliphatic rings. The molecule has 0 amide bonds. The minimum atomic E-state index is -0.0888. The fourth-order valence-corrected chi connectivity index (χ4v) is 2.11. The molecule has 1 heterocycles. The molecule has 1 aromatic heterocycles. The van der Waals surface area contributed by atoms with Crippen molar-refractivity contribution in [2.24, 2.45) is 5.73 Å². The molecule has 0 unspecified atom stereocenters. The molecule has 0 saturated carbocycles. The molecule has 0 bridgehead atoms. The van der Waals surface area contributed by atoms with Gasteiger partial charge >= 0.3 is 0 Å². The number of hydrogen-bond acceptors (Lipinski definition) is 2. The van der Waals surface area contributed by atoms with E-state index in [1.54, 1.807) is 0 Å². The summed E-state index contributed by atoms with van der Waals surface area (Å²) in [7, 11) is 2.15. The molecule has 0 spiro atoms. The molecular weight excluding hydrogens is 222 g/mol.